The van der Waals surface area contributed by atoms with Crippen molar-refractivity contribution in [3.8, 4) is 0 Å². The van der Waals surface area contributed by atoms with Gasteiger partial charge in [0.25, 0.3) is 0 Å². The number of nitrogens with zero attached hydrogens (tertiary/aromatic N) is 1. The van der Waals surface area contributed by atoms with Crippen LogP contribution in [0.5, 0.6) is 0 Å². The highest BCUT2D eigenvalue weighted by atomic mass is 16.5. The van der Waals surface area contributed by atoms with Crippen LogP contribution in [0, 0.1) is 11.8 Å². The maximum atomic E-state index is 12.9. The fourth-order valence-electron chi connectivity index (χ4n) is 3.60. The minimum Gasteiger partial charge on any atom is -0.374 e. The number of hydrogen-bond acceptors (Lipinski definition) is 3. The van der Waals surface area contributed by atoms with E-state index in [-0.39, 0.29) is 30.1 Å². The minimum atomic E-state index is 0.00199. The van der Waals surface area contributed by atoms with Crippen LogP contribution in [0.2, 0.25) is 0 Å². The van der Waals surface area contributed by atoms with Crippen molar-refractivity contribution in [1.29, 1.82) is 0 Å². The van der Waals surface area contributed by atoms with Crippen LogP contribution in [0.15, 0.2) is 0 Å². The maximum Gasteiger partial charge on any atom is 0.228 e. The molecule has 2 rings (SSSR count). The van der Waals surface area contributed by atoms with Crippen molar-refractivity contribution in [2.45, 2.75) is 64.7 Å². The topological polar surface area (TPSA) is 55.6 Å². The van der Waals surface area contributed by atoms with Crippen LogP contribution in [0.4, 0.5) is 0 Å². The summed E-state index contributed by atoms with van der Waals surface area (Å²) < 4.78 is 5.82. The zero-order valence-electron chi connectivity index (χ0n) is 12.5. The van der Waals surface area contributed by atoms with Crippen molar-refractivity contribution in [2.75, 3.05) is 13.1 Å². The van der Waals surface area contributed by atoms with Gasteiger partial charge < -0.3 is 15.4 Å². The molecule has 0 aromatic heterocycles. The summed E-state index contributed by atoms with van der Waals surface area (Å²) in [6.45, 7) is 7.67. The average molecular weight is 268 g/mol. The molecule has 110 valence electrons. The van der Waals surface area contributed by atoms with E-state index >= 15 is 0 Å². The summed E-state index contributed by atoms with van der Waals surface area (Å²) in [6.07, 6.45) is 4.76. The van der Waals surface area contributed by atoms with Crippen LogP contribution in [0.3, 0.4) is 0 Å². The fourth-order valence-corrected chi connectivity index (χ4v) is 3.60. The summed E-state index contributed by atoms with van der Waals surface area (Å²) in [6, 6.07) is 0.227. The number of carbonyl (C=O) groups is 1. The minimum absolute atomic E-state index is 0.00199. The SMILES string of the molecule is CC1OC(C)C(C(=O)N2CCCCCC2CN)C1C. The van der Waals surface area contributed by atoms with E-state index in [0.717, 1.165) is 19.4 Å². The van der Waals surface area contributed by atoms with Crippen LogP contribution in [0.25, 0.3) is 0 Å². The molecule has 2 heterocycles. The number of hydrogen-bond donors (Lipinski definition) is 1. The van der Waals surface area contributed by atoms with Crippen molar-refractivity contribution < 1.29 is 9.53 Å². The van der Waals surface area contributed by atoms with Crippen LogP contribution < -0.4 is 5.73 Å². The Labute approximate surface area is 116 Å². The second kappa shape index (κ2) is 6.23. The molecule has 1 amide bonds. The standard InChI is InChI=1S/C15H28N2O2/c1-10-11(2)19-12(3)14(10)15(18)17-8-6-4-5-7-13(17)9-16/h10-14H,4-9,16H2,1-3H3. The van der Waals surface area contributed by atoms with Crippen molar-refractivity contribution in [2.24, 2.45) is 17.6 Å². The van der Waals surface area contributed by atoms with Gasteiger partial charge in [-0.1, -0.05) is 19.8 Å². The maximum absolute atomic E-state index is 12.9. The summed E-state index contributed by atoms with van der Waals surface area (Å²) >= 11 is 0. The molecule has 2 fully saturated rings. The van der Waals surface area contributed by atoms with E-state index < -0.39 is 0 Å². The second-order valence-corrected chi connectivity index (χ2v) is 6.20. The van der Waals surface area contributed by atoms with Gasteiger partial charge in [-0.25, -0.2) is 0 Å². The Morgan fingerprint density at radius 2 is 1.95 bits per heavy atom. The third-order valence-corrected chi connectivity index (χ3v) is 4.96. The number of likely N-dealkylation sites (tertiary alicyclic amines) is 1. The van der Waals surface area contributed by atoms with Gasteiger partial charge in [0.1, 0.15) is 0 Å². The lowest BCUT2D eigenvalue weighted by Crippen LogP contribution is -2.49. The first-order valence-corrected chi connectivity index (χ1v) is 7.72. The molecule has 5 unspecified atom stereocenters. The third kappa shape index (κ3) is 2.95. The Hall–Kier alpha value is -0.610. The lowest BCUT2D eigenvalue weighted by molar-refractivity contribution is -0.140. The van der Waals surface area contributed by atoms with Gasteiger partial charge in [-0.2, -0.15) is 0 Å². The summed E-state index contributed by atoms with van der Waals surface area (Å²) in [5.41, 5.74) is 5.87. The van der Waals surface area contributed by atoms with E-state index in [9.17, 15) is 4.79 Å². The monoisotopic (exact) mass is 268 g/mol. The van der Waals surface area contributed by atoms with E-state index in [2.05, 4.69) is 13.8 Å². The molecule has 0 aromatic rings. The van der Waals surface area contributed by atoms with Crippen molar-refractivity contribution >= 4 is 5.91 Å². The van der Waals surface area contributed by atoms with Gasteiger partial charge in [0.2, 0.25) is 5.91 Å². The molecule has 4 nitrogen and oxygen atoms in total. The van der Waals surface area contributed by atoms with E-state index in [1.54, 1.807) is 0 Å². The number of rotatable bonds is 2. The number of carbonyl (C=O) groups excluding carboxylic acids is 1. The smallest absolute Gasteiger partial charge is 0.228 e. The van der Waals surface area contributed by atoms with Gasteiger partial charge in [0, 0.05) is 19.1 Å². The molecule has 0 aromatic carbocycles. The van der Waals surface area contributed by atoms with Crippen molar-refractivity contribution in [3.05, 3.63) is 0 Å². The summed E-state index contributed by atoms with van der Waals surface area (Å²) in [4.78, 5) is 14.9. The first-order chi connectivity index (χ1) is 9.06. The Bertz CT molecular complexity index is 321. The Morgan fingerprint density at radius 1 is 1.21 bits per heavy atom. The van der Waals surface area contributed by atoms with Crippen LogP contribution in [-0.4, -0.2) is 42.1 Å². The molecule has 2 aliphatic rings. The Balaban J connectivity index is 2.12. The highest BCUT2D eigenvalue weighted by Crippen LogP contribution is 2.34. The quantitative estimate of drug-likeness (QED) is 0.830. The molecule has 0 aliphatic carbocycles. The van der Waals surface area contributed by atoms with Gasteiger partial charge in [-0.15, -0.1) is 0 Å². The van der Waals surface area contributed by atoms with Gasteiger partial charge >= 0.3 is 0 Å². The highest BCUT2D eigenvalue weighted by molar-refractivity contribution is 5.80. The molecule has 0 radical (unpaired) electrons. The van der Waals surface area contributed by atoms with E-state index in [1.165, 1.54) is 12.8 Å². The van der Waals surface area contributed by atoms with Gasteiger partial charge in [-0.3, -0.25) is 4.79 Å². The predicted octanol–water partition coefficient (Wildman–Crippen LogP) is 1.78. The summed E-state index contributed by atoms with van der Waals surface area (Å²) in [5, 5.41) is 0. The largest absolute Gasteiger partial charge is 0.374 e. The van der Waals surface area contributed by atoms with Gasteiger partial charge in [0.15, 0.2) is 0 Å². The third-order valence-electron chi connectivity index (χ3n) is 4.96. The van der Waals surface area contributed by atoms with Crippen molar-refractivity contribution in [3.63, 3.8) is 0 Å². The first kappa shape index (κ1) is 14.8. The zero-order valence-corrected chi connectivity index (χ0v) is 12.5. The van der Waals surface area contributed by atoms with Crippen LogP contribution in [-0.2, 0) is 9.53 Å². The molecule has 4 heteroatoms. The highest BCUT2D eigenvalue weighted by Gasteiger charge is 2.44. The predicted molar refractivity (Wildman–Crippen MR) is 75.7 cm³/mol. The molecule has 0 saturated carbocycles. The molecule has 0 bridgehead atoms. The average Bonchev–Trinajstić information content (AvgIpc) is 2.60. The molecular weight excluding hydrogens is 240 g/mol. The fraction of sp³-hybridized carbons (Fsp3) is 0.933. The van der Waals surface area contributed by atoms with Crippen LogP contribution in [0.1, 0.15) is 46.5 Å². The molecule has 2 saturated heterocycles. The molecule has 19 heavy (non-hydrogen) atoms. The van der Waals surface area contributed by atoms with E-state index in [4.69, 9.17) is 10.5 Å². The molecule has 5 atom stereocenters. The lowest BCUT2D eigenvalue weighted by atomic mass is 9.88. The summed E-state index contributed by atoms with van der Waals surface area (Å²) in [7, 11) is 0. The van der Waals surface area contributed by atoms with Crippen molar-refractivity contribution in [1.82, 2.24) is 4.90 Å². The van der Waals surface area contributed by atoms with Crippen LogP contribution >= 0.6 is 0 Å². The normalized spacial score (nSPS) is 40.2. The molecular formula is C15H28N2O2. The summed E-state index contributed by atoms with van der Waals surface area (Å²) in [5.74, 6) is 0.563. The zero-order chi connectivity index (χ0) is 14.0. The van der Waals surface area contributed by atoms with Gasteiger partial charge in [0.05, 0.1) is 18.1 Å². The number of ether oxygens (including phenoxy) is 1. The number of amides is 1. The second-order valence-electron chi connectivity index (χ2n) is 6.20. The van der Waals surface area contributed by atoms with Gasteiger partial charge in [-0.05, 0) is 32.6 Å². The number of nitrogens with two attached hydrogens (primary N) is 1. The molecule has 2 N–H and O–H groups in total. The van der Waals surface area contributed by atoms with E-state index in [0.29, 0.717) is 12.5 Å². The van der Waals surface area contributed by atoms with E-state index in [1.807, 2.05) is 11.8 Å². The molecule has 0 spiro atoms. The Morgan fingerprint density at radius 3 is 2.53 bits per heavy atom. The lowest BCUT2D eigenvalue weighted by Gasteiger charge is -2.33. The first-order valence-electron chi connectivity index (χ1n) is 7.72. The molecule has 2 aliphatic heterocycles. The Kier molecular flexibility index (Phi) is 4.85.